The zero-order chi connectivity index (χ0) is 29.3. The van der Waals surface area contributed by atoms with Crippen LogP contribution in [0.5, 0.6) is 0 Å². The maximum absolute atomic E-state index is 14.3. The first-order valence-corrected chi connectivity index (χ1v) is 14.7. The molecule has 3 atom stereocenters. The number of aryl methyl sites for hydroxylation is 1. The highest BCUT2D eigenvalue weighted by molar-refractivity contribution is 5.93. The van der Waals surface area contributed by atoms with Crippen LogP contribution in [-0.2, 0) is 23.9 Å². The van der Waals surface area contributed by atoms with Crippen molar-refractivity contribution in [3.05, 3.63) is 64.6 Å². The number of H-pyrrole nitrogens is 1. The van der Waals surface area contributed by atoms with Crippen LogP contribution in [0.25, 0.3) is 22.4 Å². The van der Waals surface area contributed by atoms with Gasteiger partial charge in [0.2, 0.25) is 0 Å². The lowest BCUT2D eigenvalue weighted by Gasteiger charge is -2.56. The largest absolute Gasteiger partial charge is 0.418 e. The van der Waals surface area contributed by atoms with E-state index in [1.807, 2.05) is 0 Å². The number of nitrogens with zero attached hydrogens (tertiary/aromatic N) is 5. The van der Waals surface area contributed by atoms with Crippen molar-refractivity contribution in [2.45, 2.75) is 83.3 Å². The average molecular weight is 577 g/mol. The van der Waals surface area contributed by atoms with Crippen molar-refractivity contribution in [1.29, 1.82) is 0 Å². The molecular formula is C32H35F3N6O. The molecule has 0 radical (unpaired) electrons. The summed E-state index contributed by atoms with van der Waals surface area (Å²) >= 11 is 0. The number of hydrogen-bond acceptors (Lipinski definition) is 6. The molecule has 3 aliphatic heterocycles. The van der Waals surface area contributed by atoms with Crippen LogP contribution in [0.15, 0.2) is 36.7 Å². The van der Waals surface area contributed by atoms with Gasteiger partial charge in [0.05, 0.1) is 17.4 Å². The van der Waals surface area contributed by atoms with Gasteiger partial charge in [-0.05, 0) is 55.4 Å². The minimum Gasteiger partial charge on any atom is -0.381 e. The fourth-order valence-electron chi connectivity index (χ4n) is 7.08. The Labute approximate surface area is 243 Å². The topological polar surface area (TPSA) is 70.2 Å². The van der Waals surface area contributed by atoms with Crippen LogP contribution in [0.4, 0.5) is 24.7 Å². The molecule has 4 aliphatic rings. The van der Waals surface area contributed by atoms with Crippen LogP contribution in [0, 0.1) is 6.92 Å². The van der Waals surface area contributed by atoms with E-state index in [1.54, 1.807) is 19.4 Å². The van der Waals surface area contributed by atoms with Crippen LogP contribution in [0.2, 0.25) is 0 Å². The molecule has 42 heavy (non-hydrogen) atoms. The number of benzene rings is 1. The molecule has 6 heterocycles. The third kappa shape index (κ3) is 4.42. The van der Waals surface area contributed by atoms with Crippen molar-refractivity contribution in [2.24, 2.45) is 0 Å². The molecule has 1 saturated carbocycles. The number of methoxy groups -OCH3 is 1. The summed E-state index contributed by atoms with van der Waals surface area (Å²) in [7, 11) is 1.75. The first kappa shape index (κ1) is 27.2. The van der Waals surface area contributed by atoms with Crippen LogP contribution >= 0.6 is 0 Å². The van der Waals surface area contributed by atoms with Gasteiger partial charge in [-0.25, -0.2) is 15.0 Å². The molecule has 0 spiro atoms. The van der Waals surface area contributed by atoms with Crippen LogP contribution in [0.3, 0.4) is 0 Å². The summed E-state index contributed by atoms with van der Waals surface area (Å²) in [4.78, 5) is 21.6. The van der Waals surface area contributed by atoms with E-state index in [4.69, 9.17) is 14.7 Å². The zero-order valence-electron chi connectivity index (χ0n) is 24.3. The molecule has 10 heteroatoms. The van der Waals surface area contributed by atoms with Gasteiger partial charge in [-0.2, -0.15) is 13.2 Å². The highest BCUT2D eigenvalue weighted by atomic mass is 19.4. The number of rotatable bonds is 5. The lowest BCUT2D eigenvalue weighted by Crippen LogP contribution is -2.63. The highest BCUT2D eigenvalue weighted by Crippen LogP contribution is 2.46. The highest BCUT2D eigenvalue weighted by Gasteiger charge is 2.48. The molecule has 4 aromatic rings. The number of ether oxygens (including phenoxy) is 1. The molecule has 8 rings (SSSR count). The molecule has 3 fully saturated rings. The summed E-state index contributed by atoms with van der Waals surface area (Å²) < 4.78 is 48.7. The fraction of sp³-hybridized carbons (Fsp3) is 0.469. The fourth-order valence-corrected chi connectivity index (χ4v) is 7.08. The van der Waals surface area contributed by atoms with E-state index in [0.29, 0.717) is 29.9 Å². The molecule has 220 valence electrons. The van der Waals surface area contributed by atoms with E-state index in [0.717, 1.165) is 49.1 Å². The van der Waals surface area contributed by atoms with E-state index in [1.165, 1.54) is 16.8 Å². The van der Waals surface area contributed by atoms with E-state index in [-0.39, 0.29) is 29.6 Å². The SMILES string of the molecule is COC1C[C@@H]2C[C@H](C1)N2c1nc(-c2c(C(F)(F)F)cnc3[nH]ccc23)nc2c1CN(c1cc(C(C)C)ccc1C)CC2. The van der Waals surface area contributed by atoms with E-state index < -0.39 is 11.7 Å². The van der Waals surface area contributed by atoms with Gasteiger partial charge in [-0.15, -0.1) is 0 Å². The van der Waals surface area contributed by atoms with Crippen molar-refractivity contribution >= 4 is 22.5 Å². The van der Waals surface area contributed by atoms with Crippen LogP contribution < -0.4 is 9.80 Å². The number of fused-ring (bicyclic) bond motifs is 4. The number of anilines is 2. The Kier molecular flexibility index (Phi) is 6.45. The predicted octanol–water partition coefficient (Wildman–Crippen LogP) is 6.79. The summed E-state index contributed by atoms with van der Waals surface area (Å²) in [6, 6.07) is 8.75. The lowest BCUT2D eigenvalue weighted by molar-refractivity contribution is -0.137. The molecule has 2 bridgehead atoms. The summed E-state index contributed by atoms with van der Waals surface area (Å²) in [5.74, 6) is 1.29. The first-order chi connectivity index (χ1) is 20.1. The quantitative estimate of drug-likeness (QED) is 0.282. The summed E-state index contributed by atoms with van der Waals surface area (Å²) in [5, 5.41) is 0.373. The maximum atomic E-state index is 14.3. The van der Waals surface area contributed by atoms with Crippen molar-refractivity contribution in [2.75, 3.05) is 23.5 Å². The third-order valence-electron chi connectivity index (χ3n) is 9.37. The van der Waals surface area contributed by atoms with E-state index >= 15 is 0 Å². The van der Waals surface area contributed by atoms with Gasteiger partial charge in [0.25, 0.3) is 0 Å². The molecule has 0 amide bonds. The van der Waals surface area contributed by atoms with Gasteiger partial charge in [-0.1, -0.05) is 26.0 Å². The van der Waals surface area contributed by atoms with Crippen LogP contribution in [0.1, 0.15) is 67.0 Å². The number of piperidine rings is 1. The lowest BCUT2D eigenvalue weighted by atomic mass is 9.77. The number of aromatic nitrogens is 4. The van der Waals surface area contributed by atoms with Gasteiger partial charge in [0.1, 0.15) is 11.5 Å². The normalized spacial score (nSPS) is 22.0. The van der Waals surface area contributed by atoms with Gasteiger partial charge in [0, 0.05) is 73.3 Å². The van der Waals surface area contributed by atoms with Crippen molar-refractivity contribution in [1.82, 2.24) is 19.9 Å². The zero-order valence-corrected chi connectivity index (χ0v) is 24.3. The van der Waals surface area contributed by atoms with Crippen LogP contribution in [-0.4, -0.2) is 51.8 Å². The van der Waals surface area contributed by atoms with Gasteiger partial charge in [0.15, 0.2) is 5.82 Å². The molecule has 7 nitrogen and oxygen atoms in total. The first-order valence-electron chi connectivity index (χ1n) is 14.7. The number of aromatic amines is 1. The Bertz CT molecular complexity index is 1650. The second kappa shape index (κ2) is 9.97. The summed E-state index contributed by atoms with van der Waals surface area (Å²) in [6.45, 7) is 7.85. The van der Waals surface area contributed by atoms with Crippen molar-refractivity contribution in [3.63, 3.8) is 0 Å². The van der Waals surface area contributed by atoms with E-state index in [2.05, 4.69) is 58.7 Å². The minimum atomic E-state index is -4.60. The monoisotopic (exact) mass is 576 g/mol. The predicted molar refractivity (Wildman–Crippen MR) is 157 cm³/mol. The van der Waals surface area contributed by atoms with Gasteiger partial charge in [-0.3, -0.25) is 0 Å². The molecule has 1 aromatic carbocycles. The molecule has 1 aliphatic carbocycles. The number of halogens is 3. The second-order valence-corrected chi connectivity index (χ2v) is 12.2. The number of hydrogen-bond donors (Lipinski definition) is 1. The Hall–Kier alpha value is -3.66. The molecule has 1 unspecified atom stereocenters. The van der Waals surface area contributed by atoms with Crippen molar-refractivity contribution < 1.29 is 17.9 Å². The number of nitrogens with one attached hydrogen (secondary N) is 1. The molecule has 1 N–H and O–H groups in total. The summed E-state index contributed by atoms with van der Waals surface area (Å²) in [6.07, 6.45) is 1.52. The molecular weight excluding hydrogens is 541 g/mol. The van der Waals surface area contributed by atoms with E-state index in [9.17, 15) is 13.2 Å². The maximum Gasteiger partial charge on any atom is 0.418 e. The smallest absolute Gasteiger partial charge is 0.381 e. The Morgan fingerprint density at radius 2 is 1.86 bits per heavy atom. The average Bonchev–Trinajstić information content (AvgIpc) is 3.45. The molecule has 2 saturated heterocycles. The van der Waals surface area contributed by atoms with Gasteiger partial charge >= 0.3 is 6.18 Å². The van der Waals surface area contributed by atoms with Crippen molar-refractivity contribution in [3.8, 4) is 11.4 Å². The Morgan fingerprint density at radius 1 is 1.07 bits per heavy atom. The number of alkyl halides is 3. The minimum absolute atomic E-state index is 0.0128. The molecule has 3 aromatic heterocycles. The Morgan fingerprint density at radius 3 is 2.57 bits per heavy atom. The standard InChI is InChI=1S/C32H35F3N6O/c1-17(2)19-6-5-18(3)27(11-19)40-10-8-26-24(16-40)31(41-20-12-21(41)14-22(13-20)42-4)39-30(38-26)28-23-7-9-36-29(23)37-15-25(28)32(33,34)35/h5-7,9,11,15,17,20-22H,8,10,12-14,16H2,1-4H3,(H,36,37)/t20-,21+,22?. The van der Waals surface area contributed by atoms with Gasteiger partial charge < -0.3 is 19.5 Å². The Balaban J connectivity index is 1.38. The third-order valence-corrected chi connectivity index (χ3v) is 9.37. The summed E-state index contributed by atoms with van der Waals surface area (Å²) in [5.41, 5.74) is 5.06. The second-order valence-electron chi connectivity index (χ2n) is 12.2. The number of pyridine rings is 1.